The summed E-state index contributed by atoms with van der Waals surface area (Å²) >= 11 is 1.91. The number of amides is 1. The van der Waals surface area contributed by atoms with Gasteiger partial charge in [0.1, 0.15) is 0 Å². The van der Waals surface area contributed by atoms with Crippen molar-refractivity contribution in [2.24, 2.45) is 5.73 Å². The van der Waals surface area contributed by atoms with Crippen molar-refractivity contribution >= 4 is 17.7 Å². The number of carbonyl (C=O) groups is 1. The van der Waals surface area contributed by atoms with E-state index in [2.05, 4.69) is 6.92 Å². The zero-order chi connectivity index (χ0) is 8.27. The summed E-state index contributed by atoms with van der Waals surface area (Å²) in [6, 6.07) is 0. The highest BCUT2D eigenvalue weighted by Gasteiger charge is 2.19. The van der Waals surface area contributed by atoms with Crippen molar-refractivity contribution in [1.29, 1.82) is 0 Å². The number of nitrogens with zero attached hydrogens (tertiary/aromatic N) is 1. The van der Waals surface area contributed by atoms with Crippen LogP contribution in [0, 0.1) is 0 Å². The summed E-state index contributed by atoms with van der Waals surface area (Å²) in [5, 5.41) is 0.569. The molecule has 1 heterocycles. The lowest BCUT2D eigenvalue weighted by Gasteiger charge is -2.30. The fraction of sp³-hybridized carbons (Fsp3) is 0.857. The summed E-state index contributed by atoms with van der Waals surface area (Å²) in [6.07, 6.45) is 0. The maximum absolute atomic E-state index is 11.1. The first-order valence-electron chi connectivity index (χ1n) is 3.83. The molecule has 1 rings (SSSR count). The molecule has 3 nitrogen and oxygen atoms in total. The first-order valence-corrected chi connectivity index (χ1v) is 4.88. The fourth-order valence-electron chi connectivity index (χ4n) is 1.17. The standard InChI is InChI=1S/C7H14N2OS/c1-6-5-9(2-3-11-6)7(10)4-8/h6H,2-5,8H2,1H3. The quantitative estimate of drug-likeness (QED) is 0.604. The summed E-state index contributed by atoms with van der Waals surface area (Å²) in [5.41, 5.74) is 5.25. The van der Waals surface area contributed by atoms with Crippen molar-refractivity contribution in [3.63, 3.8) is 0 Å². The molecule has 0 saturated carbocycles. The lowest BCUT2D eigenvalue weighted by molar-refractivity contribution is -0.129. The molecule has 1 atom stereocenters. The molecule has 0 aliphatic carbocycles. The molecule has 0 spiro atoms. The van der Waals surface area contributed by atoms with E-state index in [1.54, 1.807) is 0 Å². The van der Waals surface area contributed by atoms with E-state index in [1.807, 2.05) is 16.7 Å². The summed E-state index contributed by atoms with van der Waals surface area (Å²) < 4.78 is 0. The van der Waals surface area contributed by atoms with Gasteiger partial charge >= 0.3 is 0 Å². The van der Waals surface area contributed by atoms with Gasteiger partial charge < -0.3 is 10.6 Å². The Balaban J connectivity index is 2.39. The summed E-state index contributed by atoms with van der Waals surface area (Å²) in [4.78, 5) is 13.0. The molecule has 1 amide bonds. The summed E-state index contributed by atoms with van der Waals surface area (Å²) in [5.74, 6) is 1.13. The number of thioether (sulfide) groups is 1. The van der Waals surface area contributed by atoms with Gasteiger partial charge in [-0.05, 0) is 0 Å². The third kappa shape index (κ3) is 2.38. The molecule has 1 fully saturated rings. The lowest BCUT2D eigenvalue weighted by Crippen LogP contribution is -2.43. The average molecular weight is 174 g/mol. The van der Waals surface area contributed by atoms with E-state index in [9.17, 15) is 4.79 Å². The maximum Gasteiger partial charge on any atom is 0.236 e. The maximum atomic E-state index is 11.1. The smallest absolute Gasteiger partial charge is 0.236 e. The van der Waals surface area contributed by atoms with Crippen LogP contribution in [0.1, 0.15) is 6.92 Å². The predicted molar refractivity (Wildman–Crippen MR) is 47.6 cm³/mol. The van der Waals surface area contributed by atoms with Gasteiger partial charge in [-0.1, -0.05) is 6.92 Å². The lowest BCUT2D eigenvalue weighted by atomic mass is 10.3. The van der Waals surface area contributed by atoms with Crippen molar-refractivity contribution in [1.82, 2.24) is 4.90 Å². The van der Waals surface area contributed by atoms with Gasteiger partial charge in [-0.25, -0.2) is 0 Å². The summed E-state index contributed by atoms with van der Waals surface area (Å²) in [6.45, 7) is 4.02. The Kier molecular flexibility index (Phi) is 3.20. The fourth-order valence-corrected chi connectivity index (χ4v) is 2.19. The topological polar surface area (TPSA) is 46.3 Å². The number of hydrogen-bond acceptors (Lipinski definition) is 3. The van der Waals surface area contributed by atoms with Crippen molar-refractivity contribution in [3.8, 4) is 0 Å². The van der Waals surface area contributed by atoms with Crippen molar-refractivity contribution in [2.75, 3.05) is 25.4 Å². The van der Waals surface area contributed by atoms with E-state index < -0.39 is 0 Å². The van der Waals surface area contributed by atoms with Crippen LogP contribution < -0.4 is 5.73 Å². The van der Waals surface area contributed by atoms with Gasteiger partial charge in [0, 0.05) is 24.1 Å². The van der Waals surface area contributed by atoms with Gasteiger partial charge in [-0.3, -0.25) is 4.79 Å². The Bertz CT molecular complexity index is 151. The molecule has 2 N–H and O–H groups in total. The highest BCUT2D eigenvalue weighted by molar-refractivity contribution is 7.99. The number of nitrogens with two attached hydrogens (primary N) is 1. The number of hydrogen-bond donors (Lipinski definition) is 1. The van der Waals surface area contributed by atoms with E-state index in [4.69, 9.17) is 5.73 Å². The number of carbonyl (C=O) groups excluding carboxylic acids is 1. The second kappa shape index (κ2) is 3.97. The molecular formula is C7H14N2OS. The molecule has 0 radical (unpaired) electrons. The molecule has 1 aliphatic rings. The number of rotatable bonds is 1. The SMILES string of the molecule is CC1CN(C(=O)CN)CCS1. The van der Waals surface area contributed by atoms with E-state index in [1.165, 1.54) is 0 Å². The van der Waals surface area contributed by atoms with Gasteiger partial charge in [-0.15, -0.1) is 0 Å². The Morgan fingerprint density at radius 1 is 1.82 bits per heavy atom. The second-order valence-corrected chi connectivity index (χ2v) is 4.27. The molecule has 0 bridgehead atoms. The van der Waals surface area contributed by atoms with E-state index in [-0.39, 0.29) is 12.5 Å². The predicted octanol–water partition coefficient (Wildman–Crippen LogP) is -0.0910. The zero-order valence-corrected chi connectivity index (χ0v) is 7.56. The molecule has 0 aromatic rings. The van der Waals surface area contributed by atoms with Crippen LogP contribution in [0.15, 0.2) is 0 Å². The molecular weight excluding hydrogens is 160 g/mol. The van der Waals surface area contributed by atoms with E-state index in [0.29, 0.717) is 5.25 Å². The van der Waals surface area contributed by atoms with Crippen molar-refractivity contribution in [3.05, 3.63) is 0 Å². The molecule has 0 aromatic heterocycles. The molecule has 1 unspecified atom stereocenters. The molecule has 1 saturated heterocycles. The Morgan fingerprint density at radius 3 is 3.09 bits per heavy atom. The van der Waals surface area contributed by atoms with Crippen LogP contribution in [0.5, 0.6) is 0 Å². The van der Waals surface area contributed by atoms with Gasteiger partial charge in [0.15, 0.2) is 0 Å². The average Bonchev–Trinajstić information content (AvgIpc) is 2.03. The highest BCUT2D eigenvalue weighted by Crippen LogP contribution is 2.17. The van der Waals surface area contributed by atoms with Gasteiger partial charge in [-0.2, -0.15) is 11.8 Å². The van der Waals surface area contributed by atoms with Crippen LogP contribution >= 0.6 is 11.8 Å². The Hall–Kier alpha value is -0.220. The Labute approximate surface area is 71.3 Å². The normalized spacial score (nSPS) is 25.3. The first-order chi connectivity index (χ1) is 5.24. The van der Waals surface area contributed by atoms with E-state index in [0.717, 1.165) is 18.8 Å². The molecule has 11 heavy (non-hydrogen) atoms. The third-order valence-corrected chi connectivity index (χ3v) is 2.90. The van der Waals surface area contributed by atoms with Crippen LogP contribution in [0.3, 0.4) is 0 Å². The highest BCUT2D eigenvalue weighted by atomic mass is 32.2. The minimum Gasteiger partial charge on any atom is -0.340 e. The molecule has 1 aliphatic heterocycles. The van der Waals surface area contributed by atoms with Gasteiger partial charge in [0.2, 0.25) is 5.91 Å². The minimum absolute atomic E-state index is 0.0807. The van der Waals surface area contributed by atoms with Gasteiger partial charge in [0.05, 0.1) is 6.54 Å². The molecule has 4 heteroatoms. The van der Waals surface area contributed by atoms with Crippen molar-refractivity contribution in [2.45, 2.75) is 12.2 Å². The van der Waals surface area contributed by atoms with E-state index >= 15 is 0 Å². The molecule has 64 valence electrons. The largest absolute Gasteiger partial charge is 0.340 e. The summed E-state index contributed by atoms with van der Waals surface area (Å²) in [7, 11) is 0. The van der Waals surface area contributed by atoms with Crippen LogP contribution in [-0.2, 0) is 4.79 Å². The minimum atomic E-state index is 0.0807. The monoisotopic (exact) mass is 174 g/mol. The van der Waals surface area contributed by atoms with Gasteiger partial charge in [0.25, 0.3) is 0 Å². The van der Waals surface area contributed by atoms with Crippen LogP contribution in [0.4, 0.5) is 0 Å². The Morgan fingerprint density at radius 2 is 2.55 bits per heavy atom. The van der Waals surface area contributed by atoms with Crippen molar-refractivity contribution < 1.29 is 4.79 Å². The molecule has 0 aromatic carbocycles. The first kappa shape index (κ1) is 8.87. The zero-order valence-electron chi connectivity index (χ0n) is 6.75. The second-order valence-electron chi connectivity index (χ2n) is 2.73. The van der Waals surface area contributed by atoms with Crippen LogP contribution in [0.25, 0.3) is 0 Å². The third-order valence-electron chi connectivity index (χ3n) is 1.77. The van der Waals surface area contributed by atoms with Crippen LogP contribution in [-0.4, -0.2) is 41.4 Å². The van der Waals surface area contributed by atoms with Crippen LogP contribution in [0.2, 0.25) is 0 Å².